The number of nitrogens with one attached hydrogen (secondary N) is 1. The summed E-state index contributed by atoms with van der Waals surface area (Å²) in [5, 5.41) is 7.56. The lowest BCUT2D eigenvalue weighted by atomic mass is 10.1. The number of benzene rings is 3. The molecule has 0 fully saturated rings. The minimum atomic E-state index is 0.617. The van der Waals surface area contributed by atoms with Gasteiger partial charge in [0.15, 0.2) is 0 Å². The van der Waals surface area contributed by atoms with Crippen LogP contribution in [0.15, 0.2) is 66.7 Å². The van der Waals surface area contributed by atoms with Crippen molar-refractivity contribution in [3.05, 3.63) is 66.7 Å². The van der Waals surface area contributed by atoms with Crippen molar-refractivity contribution < 1.29 is 4.74 Å². The lowest BCUT2D eigenvalue weighted by Gasteiger charge is -2.21. The highest BCUT2D eigenvalue weighted by Gasteiger charge is 2.11. The number of rotatable bonds is 8. The molecule has 0 aliphatic heterocycles. The molecule has 0 amide bonds. The molecule has 0 atom stereocenters. The van der Waals surface area contributed by atoms with Gasteiger partial charge in [-0.05, 0) is 18.2 Å². The van der Waals surface area contributed by atoms with Gasteiger partial charge in [0, 0.05) is 58.5 Å². The van der Waals surface area contributed by atoms with Crippen molar-refractivity contribution in [2.75, 3.05) is 41.1 Å². The number of hydrogen-bond donors (Lipinski definition) is 1. The maximum Gasteiger partial charge on any atom is 0.123 e. The molecule has 6 heteroatoms. The zero-order chi connectivity index (χ0) is 20.9. The molecule has 0 spiro atoms. The number of ether oxygens (including phenoxy) is 1. The molecule has 0 radical (unpaired) electrons. The molecule has 0 bridgehead atoms. The van der Waals surface area contributed by atoms with Gasteiger partial charge in [-0.3, -0.25) is 0 Å². The van der Waals surface area contributed by atoms with Gasteiger partial charge in [-0.2, -0.15) is 0 Å². The predicted molar refractivity (Wildman–Crippen MR) is 135 cm³/mol. The zero-order valence-corrected chi connectivity index (χ0v) is 19.9. The summed E-state index contributed by atoms with van der Waals surface area (Å²) >= 11 is 6.97. The van der Waals surface area contributed by atoms with Crippen molar-refractivity contribution in [2.24, 2.45) is 0 Å². The fraction of sp³-hybridized carbons (Fsp3) is 0.208. The van der Waals surface area contributed by atoms with Crippen LogP contribution in [0.25, 0.3) is 21.8 Å². The van der Waals surface area contributed by atoms with Crippen LogP contribution in [0.2, 0.25) is 0 Å². The minimum Gasteiger partial charge on any atom is -0.493 e. The van der Waals surface area contributed by atoms with Gasteiger partial charge in [0.2, 0.25) is 0 Å². The normalized spacial score (nSPS) is 11.0. The molecule has 3 aromatic carbocycles. The molecule has 0 aliphatic rings. The lowest BCUT2D eigenvalue weighted by molar-refractivity contribution is 0.345. The number of pyridine rings is 1. The maximum atomic E-state index is 5.94. The number of halogens is 2. The zero-order valence-electron chi connectivity index (χ0n) is 16.7. The number of anilines is 3. The molecule has 154 valence electrons. The van der Waals surface area contributed by atoms with Crippen LogP contribution in [0, 0.1) is 0 Å². The van der Waals surface area contributed by atoms with Gasteiger partial charge >= 0.3 is 0 Å². The number of aromatic nitrogens is 1. The second-order valence-corrected chi connectivity index (χ2v) is 8.60. The third-order valence-corrected chi connectivity index (χ3v) is 5.63. The van der Waals surface area contributed by atoms with Crippen molar-refractivity contribution in [1.29, 1.82) is 0 Å². The SMILES string of the molecule is CN(CCBr)c1cc(Nc2c3ccccc3nc3ccccc23)cc(OCCBr)c1. The molecule has 1 heterocycles. The molecule has 0 saturated heterocycles. The molecule has 1 aromatic heterocycles. The van der Waals surface area contributed by atoms with Crippen LogP contribution in [0.4, 0.5) is 17.1 Å². The Balaban J connectivity index is 1.83. The van der Waals surface area contributed by atoms with E-state index in [0.717, 1.165) is 61.8 Å². The lowest BCUT2D eigenvalue weighted by Crippen LogP contribution is -2.19. The van der Waals surface area contributed by atoms with Gasteiger partial charge in [-0.1, -0.05) is 68.3 Å². The van der Waals surface area contributed by atoms with E-state index < -0.39 is 0 Å². The molecular formula is C24H23Br2N3O. The Kier molecular flexibility index (Phi) is 6.75. The monoisotopic (exact) mass is 527 g/mol. The third-order valence-electron chi connectivity index (χ3n) is 4.95. The highest BCUT2D eigenvalue weighted by Crippen LogP contribution is 2.35. The summed E-state index contributed by atoms with van der Waals surface area (Å²) in [5.41, 5.74) is 5.10. The summed E-state index contributed by atoms with van der Waals surface area (Å²) in [6.45, 7) is 1.52. The van der Waals surface area contributed by atoms with E-state index in [0.29, 0.717) is 6.61 Å². The molecule has 1 N–H and O–H groups in total. The largest absolute Gasteiger partial charge is 0.493 e. The Bertz CT molecular complexity index is 1110. The molecule has 4 nitrogen and oxygen atoms in total. The molecule has 0 aliphatic carbocycles. The second kappa shape index (κ2) is 9.67. The van der Waals surface area contributed by atoms with E-state index in [1.165, 1.54) is 0 Å². The van der Waals surface area contributed by atoms with Crippen molar-refractivity contribution in [3.63, 3.8) is 0 Å². The third kappa shape index (κ3) is 4.55. The fourth-order valence-corrected chi connectivity index (χ4v) is 4.18. The standard InChI is InChI=1S/C24H23Br2N3O/c1-29(12-10-25)18-14-17(15-19(16-18)30-13-11-26)27-24-20-6-2-4-8-22(20)28-23-9-5-3-7-21(23)24/h2-9,14-16H,10-13H2,1H3,(H,27,28). The highest BCUT2D eigenvalue weighted by atomic mass is 79.9. The number of hydrogen-bond acceptors (Lipinski definition) is 4. The summed E-state index contributed by atoms with van der Waals surface area (Å²) in [7, 11) is 2.09. The van der Waals surface area contributed by atoms with E-state index >= 15 is 0 Å². The first kappa shape index (κ1) is 20.9. The summed E-state index contributed by atoms with van der Waals surface area (Å²) < 4.78 is 5.94. The topological polar surface area (TPSA) is 37.4 Å². The minimum absolute atomic E-state index is 0.617. The van der Waals surface area contributed by atoms with Crippen LogP contribution in [-0.2, 0) is 0 Å². The van der Waals surface area contributed by atoms with Crippen LogP contribution in [0.1, 0.15) is 0 Å². The van der Waals surface area contributed by atoms with Gasteiger partial charge in [0.05, 0.1) is 23.3 Å². The average Bonchev–Trinajstić information content (AvgIpc) is 2.77. The van der Waals surface area contributed by atoms with Crippen LogP contribution >= 0.6 is 31.9 Å². The van der Waals surface area contributed by atoms with E-state index in [-0.39, 0.29) is 0 Å². The first-order valence-electron chi connectivity index (χ1n) is 9.85. The van der Waals surface area contributed by atoms with E-state index in [1.54, 1.807) is 0 Å². The summed E-state index contributed by atoms with van der Waals surface area (Å²) in [6, 6.07) is 22.8. The molecule has 4 rings (SSSR count). The van der Waals surface area contributed by atoms with Gasteiger partial charge in [0.25, 0.3) is 0 Å². The summed E-state index contributed by atoms with van der Waals surface area (Å²) in [5.74, 6) is 0.846. The van der Waals surface area contributed by atoms with Gasteiger partial charge in [-0.25, -0.2) is 4.98 Å². The van der Waals surface area contributed by atoms with Crippen molar-refractivity contribution in [2.45, 2.75) is 0 Å². The first-order chi connectivity index (χ1) is 14.7. The number of alkyl halides is 2. The molecule has 4 aromatic rings. The van der Waals surface area contributed by atoms with E-state index in [9.17, 15) is 0 Å². The van der Waals surface area contributed by atoms with Crippen molar-refractivity contribution in [3.8, 4) is 5.75 Å². The molecule has 0 unspecified atom stereocenters. The van der Waals surface area contributed by atoms with Gasteiger partial charge < -0.3 is 15.0 Å². The molecule has 30 heavy (non-hydrogen) atoms. The van der Waals surface area contributed by atoms with Crippen LogP contribution in [0.3, 0.4) is 0 Å². The second-order valence-electron chi connectivity index (χ2n) is 7.01. The Labute approximate surface area is 193 Å². The average molecular weight is 529 g/mol. The quantitative estimate of drug-likeness (QED) is 0.203. The van der Waals surface area contributed by atoms with Crippen LogP contribution in [-0.4, -0.2) is 35.8 Å². The Morgan fingerprint density at radius 3 is 2.20 bits per heavy atom. The molecule has 0 saturated carbocycles. The number of nitrogens with zero attached hydrogens (tertiary/aromatic N) is 2. The van der Waals surface area contributed by atoms with Crippen molar-refractivity contribution >= 4 is 70.7 Å². The highest BCUT2D eigenvalue weighted by molar-refractivity contribution is 9.09. The smallest absolute Gasteiger partial charge is 0.123 e. The van der Waals surface area contributed by atoms with E-state index in [2.05, 4.69) is 104 Å². The predicted octanol–water partition coefficient (Wildman–Crippen LogP) is 6.74. The van der Waals surface area contributed by atoms with E-state index in [4.69, 9.17) is 9.72 Å². The Hall–Kier alpha value is -2.31. The number of para-hydroxylation sites is 2. The van der Waals surface area contributed by atoms with E-state index in [1.807, 2.05) is 12.1 Å². The summed E-state index contributed by atoms with van der Waals surface area (Å²) in [4.78, 5) is 7.04. The Morgan fingerprint density at radius 1 is 0.900 bits per heavy atom. The van der Waals surface area contributed by atoms with Gasteiger partial charge in [0.1, 0.15) is 5.75 Å². The van der Waals surface area contributed by atoms with Crippen LogP contribution < -0.4 is 15.0 Å². The fourth-order valence-electron chi connectivity index (χ4n) is 3.49. The first-order valence-corrected chi connectivity index (χ1v) is 12.1. The Morgan fingerprint density at radius 2 is 1.57 bits per heavy atom. The molecular weight excluding hydrogens is 506 g/mol. The maximum absolute atomic E-state index is 5.94. The summed E-state index contributed by atoms with van der Waals surface area (Å²) in [6.07, 6.45) is 0. The van der Waals surface area contributed by atoms with Crippen molar-refractivity contribution in [1.82, 2.24) is 4.98 Å². The van der Waals surface area contributed by atoms with Crippen LogP contribution in [0.5, 0.6) is 5.75 Å². The van der Waals surface area contributed by atoms with Gasteiger partial charge in [-0.15, -0.1) is 0 Å². The number of fused-ring (bicyclic) bond motifs is 2.